The largest absolute Gasteiger partial charge is 0.319 e. The fraction of sp³-hybridized carbons (Fsp3) is 0.375. The van der Waals surface area contributed by atoms with Crippen LogP contribution in [-0.4, -0.2) is 19.9 Å². The van der Waals surface area contributed by atoms with Crippen molar-refractivity contribution in [3.8, 4) is 0 Å². The second-order valence-corrected chi connectivity index (χ2v) is 8.07. The van der Waals surface area contributed by atoms with E-state index in [1.54, 1.807) is 35.4 Å². The number of hydrogen-bond donors (Lipinski definition) is 1. The number of nitrogens with zero attached hydrogens (tertiary/aromatic N) is 2. The van der Waals surface area contributed by atoms with E-state index in [-0.39, 0.29) is 21.5 Å². The van der Waals surface area contributed by atoms with Crippen LogP contribution >= 0.6 is 47.6 Å². The third kappa shape index (κ3) is 4.92. The molecule has 0 saturated carbocycles. The number of carbonyl (C=O) groups is 1. The van der Waals surface area contributed by atoms with Crippen molar-refractivity contribution in [1.82, 2.24) is 9.55 Å². The van der Waals surface area contributed by atoms with Crippen LogP contribution in [0.25, 0.3) is 0 Å². The van der Waals surface area contributed by atoms with Gasteiger partial charge in [0, 0.05) is 17.4 Å². The molecule has 0 aliphatic carbocycles. The first kappa shape index (κ1) is 18.7. The van der Waals surface area contributed by atoms with Crippen LogP contribution in [0.2, 0.25) is 5.02 Å². The van der Waals surface area contributed by atoms with E-state index in [2.05, 4.69) is 17.6 Å². The Kier molecular flexibility index (Phi) is 6.89. The highest BCUT2D eigenvalue weighted by Gasteiger charge is 2.29. The maximum atomic E-state index is 12.5. The van der Waals surface area contributed by atoms with Gasteiger partial charge in [-0.25, -0.2) is 4.98 Å². The zero-order chi connectivity index (χ0) is 17.0. The van der Waals surface area contributed by atoms with Crippen molar-refractivity contribution in [2.45, 2.75) is 29.8 Å². The standard InChI is InChI=1S/C16H18Cl2N2OS2/c1-10(2)13(22)16(21)23-14(11-3-5-12(17)6-4-11)15(18)20-8-7-19-9-20/h3-10,13-15,22H,1-2H3. The molecule has 0 amide bonds. The number of thioether (sulfide) groups is 1. The van der Waals surface area contributed by atoms with Gasteiger partial charge >= 0.3 is 0 Å². The molecule has 0 bridgehead atoms. The Morgan fingerprint density at radius 2 is 1.96 bits per heavy atom. The Labute approximate surface area is 156 Å². The number of benzene rings is 1. The van der Waals surface area contributed by atoms with E-state index in [9.17, 15) is 4.79 Å². The molecular formula is C16H18Cl2N2OS2. The molecular weight excluding hydrogens is 371 g/mol. The van der Waals surface area contributed by atoms with Crippen LogP contribution in [0.4, 0.5) is 0 Å². The van der Waals surface area contributed by atoms with Crippen molar-refractivity contribution in [3.05, 3.63) is 53.6 Å². The molecule has 0 aliphatic heterocycles. The second-order valence-electron chi connectivity index (χ2n) is 5.48. The summed E-state index contributed by atoms with van der Waals surface area (Å²) in [5.74, 6) is 0.159. The topological polar surface area (TPSA) is 34.9 Å². The van der Waals surface area contributed by atoms with Crippen LogP contribution in [0.3, 0.4) is 0 Å². The molecule has 1 aromatic carbocycles. The van der Waals surface area contributed by atoms with E-state index in [1.165, 1.54) is 11.8 Å². The van der Waals surface area contributed by atoms with Gasteiger partial charge in [-0.05, 0) is 23.6 Å². The molecule has 3 atom stereocenters. The summed E-state index contributed by atoms with van der Waals surface area (Å²) in [7, 11) is 0. The molecule has 2 rings (SSSR count). The van der Waals surface area contributed by atoms with Gasteiger partial charge in [0.05, 0.1) is 16.8 Å². The summed E-state index contributed by atoms with van der Waals surface area (Å²) in [5, 5.41) is 0.0615. The number of thiol groups is 1. The molecule has 0 saturated heterocycles. The third-order valence-corrected chi connectivity index (χ3v) is 6.53. The first-order valence-corrected chi connectivity index (χ1v) is 9.36. The lowest BCUT2D eigenvalue weighted by Crippen LogP contribution is -2.20. The number of carbonyl (C=O) groups excluding carboxylic acids is 1. The molecule has 0 spiro atoms. The highest BCUT2D eigenvalue weighted by Crippen LogP contribution is 2.43. The maximum Gasteiger partial charge on any atom is 0.202 e. The molecule has 3 nitrogen and oxygen atoms in total. The smallest absolute Gasteiger partial charge is 0.202 e. The quantitative estimate of drug-likeness (QED) is 0.543. The summed E-state index contributed by atoms with van der Waals surface area (Å²) in [6, 6.07) is 7.38. The van der Waals surface area contributed by atoms with Gasteiger partial charge in [0.25, 0.3) is 0 Å². The Hall–Kier alpha value is -0.620. The fourth-order valence-corrected chi connectivity index (χ4v) is 3.91. The molecule has 2 aromatic rings. The summed E-state index contributed by atoms with van der Waals surface area (Å²) in [5.41, 5.74) is 0.492. The molecule has 7 heteroatoms. The second kappa shape index (κ2) is 8.47. The van der Waals surface area contributed by atoms with Gasteiger partial charge in [-0.15, -0.1) is 0 Å². The number of aromatic nitrogens is 2. The average molecular weight is 389 g/mol. The molecule has 0 fully saturated rings. The van der Waals surface area contributed by atoms with Gasteiger partial charge in [0.2, 0.25) is 5.12 Å². The number of imidazole rings is 1. The SMILES string of the molecule is CC(C)C(S)C(=O)SC(c1ccc(Cl)cc1)C(Cl)n1ccnc1. The first-order valence-electron chi connectivity index (χ1n) is 7.15. The van der Waals surface area contributed by atoms with Gasteiger partial charge in [0.15, 0.2) is 0 Å². The zero-order valence-electron chi connectivity index (χ0n) is 12.8. The van der Waals surface area contributed by atoms with Crippen LogP contribution < -0.4 is 0 Å². The first-order chi connectivity index (χ1) is 10.9. The van der Waals surface area contributed by atoms with E-state index in [0.717, 1.165) is 5.56 Å². The number of halogens is 2. The van der Waals surface area contributed by atoms with Gasteiger partial charge in [-0.3, -0.25) is 4.79 Å². The van der Waals surface area contributed by atoms with E-state index in [4.69, 9.17) is 23.2 Å². The van der Waals surface area contributed by atoms with Crippen molar-refractivity contribution in [2.24, 2.45) is 5.92 Å². The van der Waals surface area contributed by atoms with Crippen molar-refractivity contribution in [1.29, 1.82) is 0 Å². The summed E-state index contributed by atoms with van der Waals surface area (Å²) < 4.78 is 1.78. The minimum atomic E-state index is -0.444. The predicted molar refractivity (Wildman–Crippen MR) is 102 cm³/mol. The van der Waals surface area contributed by atoms with E-state index in [1.807, 2.05) is 26.0 Å². The van der Waals surface area contributed by atoms with Crippen LogP contribution in [0.1, 0.15) is 30.2 Å². The minimum Gasteiger partial charge on any atom is -0.319 e. The summed E-state index contributed by atoms with van der Waals surface area (Å²) in [6.07, 6.45) is 5.09. The Bertz CT molecular complexity index is 632. The maximum absolute atomic E-state index is 12.5. The predicted octanol–water partition coefficient (Wildman–Crippen LogP) is 5.23. The number of alkyl halides is 1. The lowest BCUT2D eigenvalue weighted by Gasteiger charge is -2.24. The van der Waals surface area contributed by atoms with Crippen LogP contribution in [-0.2, 0) is 4.79 Å². The van der Waals surface area contributed by atoms with Crippen LogP contribution in [0, 0.1) is 5.92 Å². The molecule has 0 radical (unpaired) electrons. The lowest BCUT2D eigenvalue weighted by molar-refractivity contribution is -0.111. The van der Waals surface area contributed by atoms with Crippen molar-refractivity contribution < 1.29 is 4.79 Å². The molecule has 124 valence electrons. The number of rotatable bonds is 6. The molecule has 3 unspecified atom stereocenters. The highest BCUT2D eigenvalue weighted by molar-refractivity contribution is 8.15. The van der Waals surface area contributed by atoms with Crippen molar-refractivity contribution in [2.75, 3.05) is 0 Å². The summed E-state index contributed by atoms with van der Waals surface area (Å²) >= 11 is 18.2. The molecule has 23 heavy (non-hydrogen) atoms. The van der Waals surface area contributed by atoms with Gasteiger partial charge in [-0.2, -0.15) is 12.6 Å². The zero-order valence-corrected chi connectivity index (χ0v) is 16.0. The van der Waals surface area contributed by atoms with E-state index in [0.29, 0.717) is 5.02 Å². The fourth-order valence-electron chi connectivity index (χ4n) is 1.97. The van der Waals surface area contributed by atoms with E-state index >= 15 is 0 Å². The Morgan fingerprint density at radius 1 is 1.30 bits per heavy atom. The minimum absolute atomic E-state index is 0.00838. The van der Waals surface area contributed by atoms with Gasteiger partial charge in [0.1, 0.15) is 5.50 Å². The average Bonchev–Trinajstić information content (AvgIpc) is 3.06. The Morgan fingerprint density at radius 3 is 2.48 bits per heavy atom. The van der Waals surface area contributed by atoms with Gasteiger partial charge < -0.3 is 4.57 Å². The van der Waals surface area contributed by atoms with Crippen molar-refractivity contribution >= 4 is 52.7 Å². The molecule has 0 aliphatic rings. The monoisotopic (exact) mass is 388 g/mol. The molecule has 0 N–H and O–H groups in total. The van der Waals surface area contributed by atoms with Crippen molar-refractivity contribution in [3.63, 3.8) is 0 Å². The van der Waals surface area contributed by atoms with Gasteiger partial charge in [-0.1, -0.05) is 60.9 Å². The number of hydrogen-bond acceptors (Lipinski definition) is 4. The summed E-state index contributed by atoms with van der Waals surface area (Å²) in [6.45, 7) is 3.95. The summed E-state index contributed by atoms with van der Waals surface area (Å²) in [4.78, 5) is 16.5. The van der Waals surface area contributed by atoms with E-state index < -0.39 is 5.50 Å². The molecule has 1 aromatic heterocycles. The highest BCUT2D eigenvalue weighted by atomic mass is 35.5. The van der Waals surface area contributed by atoms with Crippen LogP contribution in [0.15, 0.2) is 43.0 Å². The normalized spacial score (nSPS) is 15.4. The van der Waals surface area contributed by atoms with Crippen LogP contribution in [0.5, 0.6) is 0 Å². The lowest BCUT2D eigenvalue weighted by atomic mass is 10.1. The third-order valence-electron chi connectivity index (χ3n) is 3.37. The molecule has 1 heterocycles. The Balaban J connectivity index is 2.28.